The molecule has 7 nitrogen and oxygen atoms in total. The number of carbonyl (C=O) groups excluding carboxylic acids is 2. The third-order valence-electron chi connectivity index (χ3n) is 4.89. The first-order valence-electron chi connectivity index (χ1n) is 8.48. The number of aliphatic imine (C=N–C) groups is 1. The van der Waals surface area contributed by atoms with E-state index in [2.05, 4.69) is 18.1 Å². The molecule has 24 heavy (non-hydrogen) atoms. The number of hydrogen-bond acceptors (Lipinski definition) is 2. The molecule has 0 aromatic rings. The molecule has 3 rings (SSSR count). The number of hydrogen-bond donors (Lipinski definition) is 0. The molecule has 0 bridgehead atoms. The number of fused-ring (bicyclic) bond motifs is 1. The average Bonchev–Trinajstić information content (AvgIpc) is 2.89. The number of amides is 3. The summed E-state index contributed by atoms with van der Waals surface area (Å²) >= 11 is 0. The van der Waals surface area contributed by atoms with Crippen LogP contribution < -0.4 is 0 Å². The molecule has 3 aliphatic rings. The van der Waals surface area contributed by atoms with E-state index in [0.29, 0.717) is 18.3 Å². The van der Waals surface area contributed by atoms with Crippen molar-refractivity contribution in [3.8, 4) is 0 Å². The molecule has 2 fully saturated rings. The number of guanidine groups is 1. The Labute approximate surface area is 142 Å². The molecular formula is C17H26N5O2+. The van der Waals surface area contributed by atoms with E-state index in [1.807, 2.05) is 11.8 Å². The van der Waals surface area contributed by atoms with Crippen molar-refractivity contribution in [2.45, 2.75) is 32.7 Å². The Morgan fingerprint density at radius 2 is 2.04 bits per heavy atom. The summed E-state index contributed by atoms with van der Waals surface area (Å²) in [5, 5.41) is 0. The van der Waals surface area contributed by atoms with Gasteiger partial charge in [0.2, 0.25) is 11.9 Å². The summed E-state index contributed by atoms with van der Waals surface area (Å²) in [6.07, 6.45) is 2.33. The largest absolute Gasteiger partial charge is 0.392 e. The maximum absolute atomic E-state index is 12.7. The number of likely N-dealkylation sites (N-methyl/N-ethyl adjacent to an activating group) is 2. The van der Waals surface area contributed by atoms with Crippen LogP contribution in [-0.4, -0.2) is 82.8 Å². The fourth-order valence-corrected chi connectivity index (χ4v) is 3.66. The molecule has 2 unspecified atom stereocenters. The van der Waals surface area contributed by atoms with Crippen LogP contribution in [0.3, 0.4) is 0 Å². The van der Waals surface area contributed by atoms with Crippen molar-refractivity contribution in [2.24, 2.45) is 10.9 Å². The van der Waals surface area contributed by atoms with Crippen LogP contribution in [0, 0.1) is 5.92 Å². The molecule has 7 heteroatoms. The minimum atomic E-state index is -0.540. The fourth-order valence-electron chi connectivity index (χ4n) is 3.66. The van der Waals surface area contributed by atoms with E-state index in [1.165, 1.54) is 23.3 Å². The minimum absolute atomic E-state index is 0.224. The highest BCUT2D eigenvalue weighted by Crippen LogP contribution is 2.25. The molecular weight excluding hydrogens is 306 g/mol. The number of rotatable bonds is 2. The molecule has 130 valence electrons. The van der Waals surface area contributed by atoms with Crippen molar-refractivity contribution in [1.29, 1.82) is 0 Å². The monoisotopic (exact) mass is 332 g/mol. The van der Waals surface area contributed by atoms with Crippen molar-refractivity contribution in [3.05, 3.63) is 12.2 Å². The van der Waals surface area contributed by atoms with Crippen LogP contribution in [0.4, 0.5) is 4.79 Å². The van der Waals surface area contributed by atoms with Gasteiger partial charge in [-0.1, -0.05) is 18.5 Å². The summed E-state index contributed by atoms with van der Waals surface area (Å²) in [4.78, 5) is 34.4. The number of carbonyl (C=O) groups is 2. The van der Waals surface area contributed by atoms with Gasteiger partial charge in [-0.25, -0.2) is 9.69 Å². The Hall–Kier alpha value is -2.18. The van der Waals surface area contributed by atoms with Crippen LogP contribution in [0.2, 0.25) is 0 Å². The zero-order valence-corrected chi connectivity index (χ0v) is 14.9. The molecule has 0 saturated carbocycles. The molecule has 0 radical (unpaired) electrons. The van der Waals surface area contributed by atoms with Gasteiger partial charge in [-0.15, -0.1) is 0 Å². The van der Waals surface area contributed by atoms with Gasteiger partial charge in [0.05, 0.1) is 19.6 Å². The lowest BCUT2D eigenvalue weighted by Gasteiger charge is -2.33. The summed E-state index contributed by atoms with van der Waals surface area (Å²) in [7, 11) is 3.20. The van der Waals surface area contributed by atoms with Gasteiger partial charge in [0.1, 0.15) is 0 Å². The Kier molecular flexibility index (Phi) is 4.19. The number of amidine groups is 1. The second kappa shape index (κ2) is 6.03. The number of imide groups is 1. The van der Waals surface area contributed by atoms with Crippen LogP contribution in [0.1, 0.15) is 26.7 Å². The summed E-state index contributed by atoms with van der Waals surface area (Å²) in [5.74, 6) is 1.70. The Morgan fingerprint density at radius 3 is 2.67 bits per heavy atom. The van der Waals surface area contributed by atoms with Gasteiger partial charge in [0, 0.05) is 14.1 Å². The van der Waals surface area contributed by atoms with Crippen molar-refractivity contribution in [3.63, 3.8) is 0 Å². The summed E-state index contributed by atoms with van der Waals surface area (Å²) in [5.41, 5.74) is 0.962. The molecule has 2 saturated heterocycles. The third-order valence-corrected chi connectivity index (χ3v) is 4.89. The molecule has 0 spiro atoms. The predicted octanol–water partition coefficient (Wildman–Crippen LogP) is 0.967. The highest BCUT2D eigenvalue weighted by Gasteiger charge is 2.55. The second-order valence-electron chi connectivity index (χ2n) is 7.19. The quantitative estimate of drug-likeness (QED) is 0.559. The van der Waals surface area contributed by atoms with Crippen LogP contribution in [0.15, 0.2) is 17.1 Å². The first kappa shape index (κ1) is 16.7. The van der Waals surface area contributed by atoms with Crippen molar-refractivity contribution >= 4 is 23.7 Å². The first-order valence-corrected chi connectivity index (χ1v) is 8.48. The lowest BCUT2D eigenvalue weighted by atomic mass is 10.0. The maximum Gasteiger partial charge on any atom is 0.392 e. The van der Waals surface area contributed by atoms with Gasteiger partial charge < -0.3 is 0 Å². The van der Waals surface area contributed by atoms with E-state index in [0.717, 1.165) is 31.0 Å². The molecule has 0 aromatic heterocycles. The average molecular weight is 332 g/mol. The van der Waals surface area contributed by atoms with Crippen LogP contribution in [-0.2, 0) is 4.79 Å². The van der Waals surface area contributed by atoms with Gasteiger partial charge in [-0.2, -0.15) is 0 Å². The summed E-state index contributed by atoms with van der Waals surface area (Å²) < 4.78 is 2.24. The van der Waals surface area contributed by atoms with E-state index in [9.17, 15) is 9.59 Å². The SMILES string of the molecule is C=C(C)CN1C(=[N+]2CCCC(C)C2)N=C2C1C(=O)N(C)C(=O)N2C. The zero-order valence-electron chi connectivity index (χ0n) is 14.9. The Morgan fingerprint density at radius 1 is 1.33 bits per heavy atom. The van der Waals surface area contributed by atoms with E-state index < -0.39 is 6.04 Å². The lowest BCUT2D eigenvalue weighted by molar-refractivity contribution is -0.550. The Bertz CT molecular complexity index is 666. The molecule has 0 N–H and O–H groups in total. The molecule has 3 amide bonds. The van der Waals surface area contributed by atoms with Gasteiger partial charge in [-0.3, -0.25) is 19.2 Å². The number of urea groups is 1. The molecule has 0 aromatic carbocycles. The van der Waals surface area contributed by atoms with E-state index in [4.69, 9.17) is 4.99 Å². The van der Waals surface area contributed by atoms with E-state index >= 15 is 0 Å². The normalized spacial score (nSPS) is 30.7. The van der Waals surface area contributed by atoms with Gasteiger partial charge in [0.15, 0.2) is 0 Å². The first-order chi connectivity index (χ1) is 11.3. The van der Waals surface area contributed by atoms with Crippen molar-refractivity contribution in [2.75, 3.05) is 33.7 Å². The molecule has 2 atom stereocenters. The maximum atomic E-state index is 12.7. The minimum Gasteiger partial charge on any atom is -0.270 e. The smallest absolute Gasteiger partial charge is 0.270 e. The lowest BCUT2D eigenvalue weighted by Crippen LogP contribution is -2.63. The number of piperidine rings is 1. The van der Waals surface area contributed by atoms with E-state index in [1.54, 1.807) is 7.05 Å². The standard InChI is InChI=1S/C17H26N5O2/c1-11(2)9-22-13-14(19(4)17(24)20(5)15(13)23)18-16(22)21-8-6-7-12(3)10-21/h12-13H,1,6-10H2,2-5H3/q+1. The van der Waals surface area contributed by atoms with Gasteiger partial charge in [0.25, 0.3) is 5.91 Å². The molecule has 3 heterocycles. The predicted molar refractivity (Wildman–Crippen MR) is 92.1 cm³/mol. The van der Waals surface area contributed by atoms with Crippen LogP contribution in [0.25, 0.3) is 0 Å². The molecule has 0 aliphatic carbocycles. The van der Waals surface area contributed by atoms with Crippen molar-refractivity contribution in [1.82, 2.24) is 14.7 Å². The summed E-state index contributed by atoms with van der Waals surface area (Å²) in [6.45, 7) is 10.6. The van der Waals surface area contributed by atoms with Crippen molar-refractivity contribution < 1.29 is 14.2 Å². The fraction of sp³-hybridized carbons (Fsp3) is 0.647. The zero-order chi connectivity index (χ0) is 17.6. The Balaban J connectivity index is 2.07. The van der Waals surface area contributed by atoms with Gasteiger partial charge >= 0.3 is 12.0 Å². The van der Waals surface area contributed by atoms with E-state index in [-0.39, 0.29) is 11.9 Å². The highest BCUT2D eigenvalue weighted by atomic mass is 16.2. The highest BCUT2D eigenvalue weighted by molar-refractivity contribution is 6.25. The topological polar surface area (TPSA) is 59.2 Å². The summed E-state index contributed by atoms with van der Waals surface area (Å²) in [6, 6.07) is -0.875. The van der Waals surface area contributed by atoms with Crippen LogP contribution >= 0.6 is 0 Å². The number of nitrogens with zero attached hydrogens (tertiary/aromatic N) is 5. The molecule has 3 aliphatic heterocycles. The van der Waals surface area contributed by atoms with Gasteiger partial charge in [-0.05, 0) is 31.3 Å². The van der Waals surface area contributed by atoms with Crippen LogP contribution in [0.5, 0.6) is 0 Å². The third kappa shape index (κ3) is 2.61. The second-order valence-corrected chi connectivity index (χ2v) is 7.19.